The van der Waals surface area contributed by atoms with E-state index in [0.29, 0.717) is 0 Å². The van der Waals surface area contributed by atoms with Gasteiger partial charge in [0, 0.05) is 0 Å². The molecule has 0 nitrogen and oxygen atoms in total. The predicted octanol–water partition coefficient (Wildman–Crippen LogP) is 6.45. The van der Waals surface area contributed by atoms with E-state index in [1.807, 2.05) is 0 Å². The molecule has 0 saturated heterocycles. The monoisotopic (exact) mass is 352 g/mol. The van der Waals surface area contributed by atoms with Gasteiger partial charge in [0.25, 0.3) is 0 Å². The third-order valence-electron chi connectivity index (χ3n) is 4.95. The number of hydrogen-bond acceptors (Lipinski definition) is 0. The molecule has 2 aromatic carbocycles. The van der Waals surface area contributed by atoms with Crippen molar-refractivity contribution in [2.75, 3.05) is 6.16 Å². The molecule has 0 bridgehead atoms. The van der Waals surface area contributed by atoms with Gasteiger partial charge < -0.3 is 0 Å². The summed E-state index contributed by atoms with van der Waals surface area (Å²) in [5, 5.41) is 4.64. The molecular formula is C24H33P. The minimum absolute atomic E-state index is 1.09. The van der Waals surface area contributed by atoms with Crippen LogP contribution in [0.25, 0.3) is 0 Å². The number of benzene rings is 2. The molecule has 0 aliphatic carbocycles. The van der Waals surface area contributed by atoms with Gasteiger partial charge in [-0.1, -0.05) is 0 Å². The molecule has 0 aliphatic rings. The van der Waals surface area contributed by atoms with Crippen molar-refractivity contribution in [2.45, 2.75) is 46.5 Å². The third-order valence-corrected chi connectivity index (χ3v) is 10.0. The third kappa shape index (κ3) is 4.71. The molecule has 0 aliphatic heterocycles. The molecule has 0 aromatic heterocycles. The minimum atomic E-state index is -1.98. The fourth-order valence-corrected chi connectivity index (χ4v) is 8.98. The van der Waals surface area contributed by atoms with Crippen LogP contribution in [0.15, 0.2) is 84.2 Å². The van der Waals surface area contributed by atoms with Crippen LogP contribution in [0.3, 0.4) is 0 Å². The Bertz CT molecular complexity index is 628. The Balaban J connectivity index is 2.70. The first-order chi connectivity index (χ1) is 12.3. The summed E-state index contributed by atoms with van der Waals surface area (Å²) in [6, 6.07) is 22.5. The predicted molar refractivity (Wildman–Crippen MR) is 118 cm³/mol. The van der Waals surface area contributed by atoms with Crippen molar-refractivity contribution in [1.82, 2.24) is 0 Å². The summed E-state index contributed by atoms with van der Waals surface area (Å²) in [5.41, 5.74) is 0. The van der Waals surface area contributed by atoms with Crippen LogP contribution in [0.5, 0.6) is 0 Å². The van der Waals surface area contributed by atoms with Crippen LogP contribution < -0.4 is 10.6 Å². The molecule has 0 radical (unpaired) electrons. The molecule has 0 heterocycles. The van der Waals surface area contributed by atoms with Crippen molar-refractivity contribution < 1.29 is 0 Å². The summed E-state index contributed by atoms with van der Waals surface area (Å²) in [6.07, 6.45) is 13.3. The molecule has 1 heteroatoms. The average molecular weight is 353 g/mol. The quantitative estimate of drug-likeness (QED) is 0.276. The zero-order valence-corrected chi connectivity index (χ0v) is 17.0. The van der Waals surface area contributed by atoms with E-state index in [9.17, 15) is 0 Å². The van der Waals surface area contributed by atoms with Gasteiger partial charge in [-0.3, -0.25) is 0 Å². The normalized spacial score (nSPS) is 13.3. The first kappa shape index (κ1) is 19.7. The van der Waals surface area contributed by atoms with Gasteiger partial charge in [0.15, 0.2) is 0 Å². The van der Waals surface area contributed by atoms with Crippen LogP contribution in [0.4, 0.5) is 0 Å². The second kappa shape index (κ2) is 10.4. The van der Waals surface area contributed by atoms with Crippen LogP contribution in [-0.2, 0) is 0 Å². The number of allylic oxidation sites excluding steroid dienone is 4. The average Bonchev–Trinajstić information content (AvgIpc) is 2.67. The molecule has 0 spiro atoms. The second-order valence-corrected chi connectivity index (χ2v) is 10.7. The Labute approximate surface area is 155 Å². The Morgan fingerprint density at radius 2 is 1.40 bits per heavy atom. The van der Waals surface area contributed by atoms with Gasteiger partial charge in [-0.2, -0.15) is 0 Å². The number of unbranched alkanes of at least 4 members (excludes halogenated alkanes) is 2. The van der Waals surface area contributed by atoms with Crippen LogP contribution in [0.1, 0.15) is 46.5 Å². The standard InChI is InChI=1S/C24H33P/c1-4-7-14-21-25(22(15-5-2)16-6-3,23-17-10-8-11-18-23)24-19-12-9-13-20-24/h5,8-13,15-20,25H,4,6-7,14,21H2,1-3H3/b15-5-,22-16+. The van der Waals surface area contributed by atoms with E-state index in [4.69, 9.17) is 0 Å². The molecule has 0 atom stereocenters. The van der Waals surface area contributed by atoms with E-state index in [1.165, 1.54) is 36.0 Å². The van der Waals surface area contributed by atoms with Crippen molar-refractivity contribution in [3.05, 3.63) is 84.2 Å². The summed E-state index contributed by atoms with van der Waals surface area (Å²) in [4.78, 5) is 0. The summed E-state index contributed by atoms with van der Waals surface area (Å²) in [7, 11) is -1.98. The van der Waals surface area contributed by atoms with E-state index in [0.717, 1.165) is 6.42 Å². The van der Waals surface area contributed by atoms with E-state index in [2.05, 4.69) is 99.7 Å². The Hall–Kier alpha value is -1.65. The zero-order chi connectivity index (χ0) is 18.0. The van der Waals surface area contributed by atoms with Gasteiger partial charge in [-0.15, -0.1) is 0 Å². The second-order valence-electron chi connectivity index (χ2n) is 6.66. The molecule has 25 heavy (non-hydrogen) atoms. The first-order valence-corrected chi connectivity index (χ1v) is 11.9. The number of hydrogen-bond donors (Lipinski definition) is 0. The van der Waals surface area contributed by atoms with Crippen LogP contribution in [0, 0.1) is 0 Å². The van der Waals surface area contributed by atoms with Gasteiger partial charge in [-0.25, -0.2) is 0 Å². The molecule has 0 fully saturated rings. The Morgan fingerprint density at radius 1 is 0.840 bits per heavy atom. The zero-order valence-electron chi connectivity index (χ0n) is 16.0. The molecular weight excluding hydrogens is 319 g/mol. The van der Waals surface area contributed by atoms with Gasteiger partial charge in [0.05, 0.1) is 0 Å². The molecule has 2 aromatic rings. The Kier molecular flexibility index (Phi) is 8.16. The SMILES string of the molecule is C/C=C\C(=C/CC)[PH](CCCCC)(c1ccccc1)c1ccccc1. The van der Waals surface area contributed by atoms with Gasteiger partial charge in [0.1, 0.15) is 0 Å². The van der Waals surface area contributed by atoms with E-state index in [1.54, 1.807) is 5.31 Å². The van der Waals surface area contributed by atoms with Crippen LogP contribution >= 0.6 is 7.26 Å². The molecule has 134 valence electrons. The van der Waals surface area contributed by atoms with E-state index >= 15 is 0 Å². The van der Waals surface area contributed by atoms with Gasteiger partial charge >= 0.3 is 155 Å². The van der Waals surface area contributed by atoms with Crippen LogP contribution in [0.2, 0.25) is 0 Å². The fraction of sp³-hybridized carbons (Fsp3) is 0.333. The van der Waals surface area contributed by atoms with Crippen LogP contribution in [-0.4, -0.2) is 6.16 Å². The van der Waals surface area contributed by atoms with Gasteiger partial charge in [-0.05, 0) is 0 Å². The van der Waals surface area contributed by atoms with Crippen molar-refractivity contribution in [3.8, 4) is 0 Å². The number of rotatable bonds is 9. The van der Waals surface area contributed by atoms with Crippen molar-refractivity contribution >= 4 is 17.9 Å². The van der Waals surface area contributed by atoms with Crippen molar-refractivity contribution in [3.63, 3.8) is 0 Å². The first-order valence-electron chi connectivity index (χ1n) is 9.74. The molecule has 0 unspecified atom stereocenters. The summed E-state index contributed by atoms with van der Waals surface area (Å²) in [5.74, 6) is 0. The molecule has 0 amide bonds. The summed E-state index contributed by atoms with van der Waals surface area (Å²) < 4.78 is 0. The van der Waals surface area contributed by atoms with Crippen molar-refractivity contribution in [1.29, 1.82) is 0 Å². The molecule has 0 N–H and O–H groups in total. The topological polar surface area (TPSA) is 0 Å². The van der Waals surface area contributed by atoms with E-state index in [-0.39, 0.29) is 0 Å². The maximum absolute atomic E-state index is 2.47. The fourth-order valence-electron chi connectivity index (χ4n) is 3.80. The summed E-state index contributed by atoms with van der Waals surface area (Å²) in [6.45, 7) is 6.69. The summed E-state index contributed by atoms with van der Waals surface area (Å²) >= 11 is 0. The molecule has 2 rings (SSSR count). The van der Waals surface area contributed by atoms with E-state index < -0.39 is 7.26 Å². The van der Waals surface area contributed by atoms with Crippen molar-refractivity contribution in [2.24, 2.45) is 0 Å². The maximum atomic E-state index is 2.47. The Morgan fingerprint density at radius 3 is 1.84 bits per heavy atom. The van der Waals surface area contributed by atoms with Gasteiger partial charge in [0.2, 0.25) is 0 Å². The molecule has 0 saturated carbocycles.